The highest BCUT2D eigenvalue weighted by Gasteiger charge is 2.03. The van der Waals surface area contributed by atoms with Crippen molar-refractivity contribution in [3.05, 3.63) is 59.4 Å². The molecule has 0 aromatic heterocycles. The van der Waals surface area contributed by atoms with Gasteiger partial charge in [-0.15, -0.1) is 0 Å². The number of hydrogen-bond acceptors (Lipinski definition) is 2. The van der Waals surface area contributed by atoms with Crippen LogP contribution in [0, 0.1) is 12.7 Å². The molecular weight excluding hydrogens is 229 g/mol. The lowest BCUT2D eigenvalue weighted by Gasteiger charge is -2.11. The van der Waals surface area contributed by atoms with Crippen molar-refractivity contribution in [2.45, 2.75) is 13.5 Å². The van der Waals surface area contributed by atoms with Gasteiger partial charge in [-0.05, 0) is 36.8 Å². The normalized spacial score (nSPS) is 10.2. The number of nitrogens with one attached hydrogen (secondary N) is 1. The summed E-state index contributed by atoms with van der Waals surface area (Å²) >= 11 is 0. The second-order valence-electron chi connectivity index (χ2n) is 4.13. The first-order valence-electron chi connectivity index (χ1n) is 5.82. The van der Waals surface area contributed by atoms with E-state index in [-0.39, 0.29) is 5.82 Å². The fraction of sp³-hybridized carbons (Fsp3) is 0.200. The molecule has 0 spiro atoms. The van der Waals surface area contributed by atoms with Gasteiger partial charge in [-0.25, -0.2) is 4.39 Å². The van der Waals surface area contributed by atoms with Crippen LogP contribution in [0.3, 0.4) is 0 Å². The van der Waals surface area contributed by atoms with Gasteiger partial charge in [0.1, 0.15) is 11.6 Å². The highest BCUT2D eigenvalue weighted by molar-refractivity contribution is 5.53. The Morgan fingerprint density at radius 3 is 2.61 bits per heavy atom. The monoisotopic (exact) mass is 245 g/mol. The molecule has 18 heavy (non-hydrogen) atoms. The van der Waals surface area contributed by atoms with Crippen LogP contribution in [0.4, 0.5) is 10.1 Å². The van der Waals surface area contributed by atoms with Crippen molar-refractivity contribution in [1.82, 2.24) is 0 Å². The fourth-order valence-electron chi connectivity index (χ4n) is 1.79. The number of methoxy groups -OCH3 is 1. The van der Waals surface area contributed by atoms with E-state index >= 15 is 0 Å². The lowest BCUT2D eigenvalue weighted by molar-refractivity contribution is 0.414. The molecule has 1 N–H and O–H groups in total. The molecule has 2 rings (SSSR count). The quantitative estimate of drug-likeness (QED) is 0.885. The fourth-order valence-corrected chi connectivity index (χ4v) is 1.79. The standard InChI is InChI=1S/C15H16FNO/c1-11-9-13(18-2)7-8-15(11)17-10-12-5-3-4-6-14(12)16/h3-9,17H,10H2,1-2H3. The maximum Gasteiger partial charge on any atom is 0.128 e. The third kappa shape index (κ3) is 2.80. The summed E-state index contributed by atoms with van der Waals surface area (Å²) in [5.74, 6) is 0.639. The first-order valence-corrected chi connectivity index (χ1v) is 5.82. The number of aryl methyl sites for hydroxylation is 1. The summed E-state index contributed by atoms with van der Waals surface area (Å²) < 4.78 is 18.6. The molecule has 0 atom stereocenters. The number of anilines is 1. The van der Waals surface area contributed by atoms with Crippen molar-refractivity contribution in [3.8, 4) is 5.75 Å². The Bertz CT molecular complexity index is 540. The van der Waals surface area contributed by atoms with Gasteiger partial charge in [0, 0.05) is 17.8 Å². The van der Waals surface area contributed by atoms with Crippen LogP contribution in [-0.4, -0.2) is 7.11 Å². The van der Waals surface area contributed by atoms with Gasteiger partial charge >= 0.3 is 0 Å². The highest BCUT2D eigenvalue weighted by Crippen LogP contribution is 2.21. The molecule has 0 amide bonds. The van der Waals surface area contributed by atoms with Gasteiger partial charge < -0.3 is 10.1 Å². The van der Waals surface area contributed by atoms with E-state index in [2.05, 4.69) is 5.32 Å². The highest BCUT2D eigenvalue weighted by atomic mass is 19.1. The van der Waals surface area contributed by atoms with Gasteiger partial charge in [-0.1, -0.05) is 18.2 Å². The van der Waals surface area contributed by atoms with Crippen molar-refractivity contribution in [2.24, 2.45) is 0 Å². The Labute approximate surface area is 106 Å². The Hall–Kier alpha value is -2.03. The summed E-state index contributed by atoms with van der Waals surface area (Å²) in [6.07, 6.45) is 0. The van der Waals surface area contributed by atoms with Gasteiger partial charge in [-0.2, -0.15) is 0 Å². The van der Waals surface area contributed by atoms with E-state index in [1.54, 1.807) is 19.2 Å². The molecule has 2 nitrogen and oxygen atoms in total. The lowest BCUT2D eigenvalue weighted by atomic mass is 10.1. The molecule has 0 aliphatic carbocycles. The summed E-state index contributed by atoms with van der Waals surface area (Å²) in [5.41, 5.74) is 2.72. The van der Waals surface area contributed by atoms with Crippen molar-refractivity contribution in [2.75, 3.05) is 12.4 Å². The molecule has 0 saturated heterocycles. The molecule has 0 bridgehead atoms. The number of hydrogen-bond donors (Lipinski definition) is 1. The summed E-state index contributed by atoms with van der Waals surface area (Å²) in [4.78, 5) is 0. The van der Waals surface area contributed by atoms with Crippen molar-refractivity contribution >= 4 is 5.69 Å². The van der Waals surface area contributed by atoms with Gasteiger partial charge in [0.15, 0.2) is 0 Å². The molecule has 0 aliphatic rings. The predicted octanol–water partition coefficient (Wildman–Crippen LogP) is 3.75. The summed E-state index contributed by atoms with van der Waals surface area (Å²) in [7, 11) is 1.64. The van der Waals surface area contributed by atoms with E-state index in [4.69, 9.17) is 4.74 Å². The first-order chi connectivity index (χ1) is 8.70. The third-order valence-corrected chi connectivity index (χ3v) is 2.86. The minimum atomic E-state index is -0.184. The Balaban J connectivity index is 2.09. The van der Waals surface area contributed by atoms with Gasteiger partial charge in [0.05, 0.1) is 7.11 Å². The van der Waals surface area contributed by atoms with Gasteiger partial charge in [0.2, 0.25) is 0 Å². The summed E-state index contributed by atoms with van der Waals surface area (Å²) in [6, 6.07) is 12.5. The number of benzene rings is 2. The van der Waals surface area contributed by atoms with Crippen LogP contribution < -0.4 is 10.1 Å². The lowest BCUT2D eigenvalue weighted by Crippen LogP contribution is -2.03. The minimum absolute atomic E-state index is 0.184. The molecule has 2 aromatic carbocycles. The zero-order chi connectivity index (χ0) is 13.0. The van der Waals surface area contributed by atoms with Crippen molar-refractivity contribution in [1.29, 1.82) is 0 Å². The predicted molar refractivity (Wildman–Crippen MR) is 71.5 cm³/mol. The molecule has 0 radical (unpaired) electrons. The number of halogens is 1. The van der Waals surface area contributed by atoms with Crippen molar-refractivity contribution < 1.29 is 9.13 Å². The summed E-state index contributed by atoms with van der Waals surface area (Å²) in [5, 5.41) is 3.23. The molecule has 0 aliphatic heterocycles. The van der Waals surface area contributed by atoms with Gasteiger partial charge in [0.25, 0.3) is 0 Å². The average Bonchev–Trinajstić information content (AvgIpc) is 2.39. The molecular formula is C15H16FNO. The second kappa shape index (κ2) is 5.54. The number of ether oxygens (including phenoxy) is 1. The van der Waals surface area contributed by atoms with Crippen LogP contribution in [0.2, 0.25) is 0 Å². The smallest absolute Gasteiger partial charge is 0.128 e. The maximum atomic E-state index is 13.5. The van der Waals surface area contributed by atoms with Crippen LogP contribution in [0.15, 0.2) is 42.5 Å². The van der Waals surface area contributed by atoms with E-state index in [0.717, 1.165) is 17.0 Å². The zero-order valence-electron chi connectivity index (χ0n) is 10.5. The Kier molecular flexibility index (Phi) is 3.82. The van der Waals surface area contributed by atoms with Crippen LogP contribution in [0.1, 0.15) is 11.1 Å². The van der Waals surface area contributed by atoms with E-state index < -0.39 is 0 Å². The van der Waals surface area contributed by atoms with Crippen molar-refractivity contribution in [3.63, 3.8) is 0 Å². The first kappa shape index (κ1) is 12.4. The maximum absolute atomic E-state index is 13.5. The second-order valence-corrected chi connectivity index (χ2v) is 4.13. The van der Waals surface area contributed by atoms with E-state index in [0.29, 0.717) is 12.1 Å². The largest absolute Gasteiger partial charge is 0.497 e. The van der Waals surface area contributed by atoms with Crippen LogP contribution in [0.5, 0.6) is 5.75 Å². The molecule has 0 unspecified atom stereocenters. The van der Waals surface area contributed by atoms with Crippen LogP contribution in [0.25, 0.3) is 0 Å². The third-order valence-electron chi connectivity index (χ3n) is 2.86. The molecule has 2 aromatic rings. The van der Waals surface area contributed by atoms with Crippen LogP contribution in [-0.2, 0) is 6.54 Å². The SMILES string of the molecule is COc1ccc(NCc2ccccc2F)c(C)c1. The Morgan fingerprint density at radius 2 is 1.94 bits per heavy atom. The van der Waals surface area contributed by atoms with E-state index in [1.807, 2.05) is 31.2 Å². The van der Waals surface area contributed by atoms with Crippen LogP contribution >= 0.6 is 0 Å². The summed E-state index contributed by atoms with van der Waals surface area (Å²) in [6.45, 7) is 2.46. The average molecular weight is 245 g/mol. The molecule has 0 saturated carbocycles. The Morgan fingerprint density at radius 1 is 1.17 bits per heavy atom. The molecule has 94 valence electrons. The van der Waals surface area contributed by atoms with E-state index in [1.165, 1.54) is 6.07 Å². The number of rotatable bonds is 4. The topological polar surface area (TPSA) is 21.3 Å². The van der Waals surface area contributed by atoms with E-state index in [9.17, 15) is 4.39 Å². The molecule has 0 fully saturated rings. The molecule has 0 heterocycles. The molecule has 3 heteroatoms. The zero-order valence-corrected chi connectivity index (χ0v) is 10.5. The van der Waals surface area contributed by atoms with Gasteiger partial charge in [-0.3, -0.25) is 0 Å². The minimum Gasteiger partial charge on any atom is -0.497 e.